The molecule has 0 aliphatic carbocycles. The van der Waals surface area contributed by atoms with Crippen molar-refractivity contribution in [2.45, 2.75) is 6.42 Å². The molecule has 0 unspecified atom stereocenters. The Hall–Kier alpha value is -2.58. The molecule has 0 saturated heterocycles. The largest absolute Gasteiger partial charge is 0.384 e. The summed E-state index contributed by atoms with van der Waals surface area (Å²) in [5.74, 6) is 6.08. The first-order chi connectivity index (χ1) is 10.2. The SMILES string of the molecule is Cn1ccnc1CCNC(=O)c1ccccc1C#CCO. The Morgan fingerprint density at radius 2 is 2.24 bits per heavy atom. The normalized spacial score (nSPS) is 9.81. The second kappa shape index (κ2) is 7.27. The molecule has 0 saturated carbocycles. The second-order valence-corrected chi connectivity index (χ2v) is 4.47. The highest BCUT2D eigenvalue weighted by molar-refractivity contribution is 5.96. The number of aliphatic hydroxyl groups is 1. The number of nitrogens with zero attached hydrogens (tertiary/aromatic N) is 2. The van der Waals surface area contributed by atoms with Gasteiger partial charge in [-0.05, 0) is 12.1 Å². The van der Waals surface area contributed by atoms with Crippen LogP contribution in [0.5, 0.6) is 0 Å². The molecule has 21 heavy (non-hydrogen) atoms. The van der Waals surface area contributed by atoms with Crippen molar-refractivity contribution in [1.29, 1.82) is 0 Å². The fourth-order valence-electron chi connectivity index (χ4n) is 1.95. The van der Waals surface area contributed by atoms with Crippen LogP contribution in [0.25, 0.3) is 0 Å². The van der Waals surface area contributed by atoms with Crippen LogP contribution >= 0.6 is 0 Å². The molecule has 1 amide bonds. The molecular formula is C16H17N3O2. The summed E-state index contributed by atoms with van der Waals surface area (Å²) in [5.41, 5.74) is 1.12. The average molecular weight is 283 g/mol. The van der Waals surface area contributed by atoms with Gasteiger partial charge in [-0.25, -0.2) is 4.98 Å². The smallest absolute Gasteiger partial charge is 0.252 e. The van der Waals surface area contributed by atoms with Crippen molar-refractivity contribution in [3.05, 3.63) is 53.6 Å². The molecule has 0 aliphatic rings. The Kier molecular flexibility index (Phi) is 5.13. The molecule has 1 aromatic carbocycles. The number of hydrogen-bond acceptors (Lipinski definition) is 3. The van der Waals surface area contributed by atoms with E-state index in [0.29, 0.717) is 24.1 Å². The molecular weight excluding hydrogens is 266 g/mol. The van der Waals surface area contributed by atoms with Crippen LogP contribution in [0.15, 0.2) is 36.7 Å². The van der Waals surface area contributed by atoms with Crippen molar-refractivity contribution >= 4 is 5.91 Å². The van der Waals surface area contributed by atoms with Crippen molar-refractivity contribution in [2.24, 2.45) is 7.05 Å². The van der Waals surface area contributed by atoms with Gasteiger partial charge in [-0.1, -0.05) is 24.0 Å². The maximum Gasteiger partial charge on any atom is 0.252 e. The first-order valence-electron chi connectivity index (χ1n) is 6.65. The lowest BCUT2D eigenvalue weighted by Gasteiger charge is -2.07. The quantitative estimate of drug-likeness (QED) is 0.813. The molecule has 108 valence electrons. The van der Waals surface area contributed by atoms with E-state index in [0.717, 1.165) is 5.82 Å². The zero-order chi connectivity index (χ0) is 15.1. The summed E-state index contributed by atoms with van der Waals surface area (Å²) in [5, 5.41) is 11.6. The number of nitrogens with one attached hydrogen (secondary N) is 1. The zero-order valence-electron chi connectivity index (χ0n) is 11.8. The fourth-order valence-corrected chi connectivity index (χ4v) is 1.95. The molecule has 1 aromatic heterocycles. The Morgan fingerprint density at radius 1 is 1.43 bits per heavy atom. The van der Waals surface area contributed by atoms with Gasteiger partial charge in [0.05, 0.1) is 5.56 Å². The third-order valence-corrected chi connectivity index (χ3v) is 3.03. The Morgan fingerprint density at radius 3 is 2.95 bits per heavy atom. The first-order valence-corrected chi connectivity index (χ1v) is 6.65. The number of carbonyl (C=O) groups excluding carboxylic acids is 1. The van der Waals surface area contributed by atoms with Gasteiger partial charge in [-0.3, -0.25) is 4.79 Å². The summed E-state index contributed by atoms with van der Waals surface area (Å²) in [6.07, 6.45) is 4.27. The number of amides is 1. The van der Waals surface area contributed by atoms with Gasteiger partial charge in [-0.2, -0.15) is 0 Å². The molecule has 2 N–H and O–H groups in total. The van der Waals surface area contributed by atoms with Crippen LogP contribution in [0.3, 0.4) is 0 Å². The summed E-state index contributed by atoms with van der Waals surface area (Å²) in [7, 11) is 1.92. The number of benzene rings is 1. The Bertz CT molecular complexity index is 680. The number of imidazole rings is 1. The minimum Gasteiger partial charge on any atom is -0.384 e. The van der Waals surface area contributed by atoms with Crippen LogP contribution in [0, 0.1) is 11.8 Å². The van der Waals surface area contributed by atoms with Gasteiger partial charge >= 0.3 is 0 Å². The molecule has 0 fully saturated rings. The van der Waals surface area contributed by atoms with Gasteiger partial charge in [0.1, 0.15) is 12.4 Å². The highest BCUT2D eigenvalue weighted by Gasteiger charge is 2.09. The summed E-state index contributed by atoms with van der Waals surface area (Å²) < 4.78 is 1.92. The molecule has 0 radical (unpaired) electrons. The van der Waals surface area contributed by atoms with Gasteiger partial charge in [0.2, 0.25) is 0 Å². The molecule has 0 aliphatic heterocycles. The zero-order valence-corrected chi connectivity index (χ0v) is 11.8. The monoisotopic (exact) mass is 283 g/mol. The maximum absolute atomic E-state index is 12.2. The lowest BCUT2D eigenvalue weighted by molar-refractivity contribution is 0.0953. The van der Waals surface area contributed by atoms with Crippen molar-refractivity contribution in [3.8, 4) is 11.8 Å². The van der Waals surface area contributed by atoms with Crippen molar-refractivity contribution in [2.75, 3.05) is 13.2 Å². The highest BCUT2D eigenvalue weighted by atomic mass is 16.2. The van der Waals surface area contributed by atoms with Gasteiger partial charge in [-0.15, -0.1) is 0 Å². The van der Waals surface area contributed by atoms with E-state index in [9.17, 15) is 4.79 Å². The minimum atomic E-state index is -0.227. The van der Waals surface area contributed by atoms with Gasteiger partial charge < -0.3 is 15.0 Å². The fraction of sp³-hybridized carbons (Fsp3) is 0.250. The number of aromatic nitrogens is 2. The summed E-state index contributed by atoms with van der Waals surface area (Å²) in [6.45, 7) is 0.278. The van der Waals surface area contributed by atoms with E-state index in [4.69, 9.17) is 5.11 Å². The minimum absolute atomic E-state index is 0.174. The summed E-state index contributed by atoms with van der Waals surface area (Å²) in [4.78, 5) is 16.4. The van der Waals surface area contributed by atoms with E-state index in [1.54, 1.807) is 24.4 Å². The molecule has 0 spiro atoms. The van der Waals surface area contributed by atoms with E-state index >= 15 is 0 Å². The lowest BCUT2D eigenvalue weighted by atomic mass is 10.1. The molecule has 2 aromatic rings. The lowest BCUT2D eigenvalue weighted by Crippen LogP contribution is -2.27. The van der Waals surface area contributed by atoms with Crippen LogP contribution in [-0.2, 0) is 13.5 Å². The van der Waals surface area contributed by atoms with E-state index < -0.39 is 0 Å². The average Bonchev–Trinajstić information content (AvgIpc) is 2.91. The Balaban J connectivity index is 1.99. The van der Waals surface area contributed by atoms with Crippen LogP contribution in [0.2, 0.25) is 0 Å². The topological polar surface area (TPSA) is 67.2 Å². The van der Waals surface area contributed by atoms with Crippen molar-refractivity contribution < 1.29 is 9.90 Å². The number of hydrogen-bond donors (Lipinski definition) is 2. The van der Waals surface area contributed by atoms with E-state index in [1.807, 2.05) is 23.9 Å². The van der Waals surface area contributed by atoms with Crippen LogP contribution in [0.1, 0.15) is 21.7 Å². The van der Waals surface area contributed by atoms with Crippen LogP contribution < -0.4 is 5.32 Å². The Labute approximate surface area is 123 Å². The molecule has 2 rings (SSSR count). The maximum atomic E-state index is 12.2. The second-order valence-electron chi connectivity index (χ2n) is 4.47. The van der Waals surface area contributed by atoms with Crippen LogP contribution in [-0.4, -0.2) is 33.7 Å². The molecule has 5 heteroatoms. The van der Waals surface area contributed by atoms with Gasteiger partial charge in [0, 0.05) is 38.0 Å². The number of carbonyl (C=O) groups is 1. The summed E-state index contributed by atoms with van der Waals surface area (Å²) in [6, 6.07) is 7.08. The molecule has 0 bridgehead atoms. The van der Waals surface area contributed by atoms with Crippen molar-refractivity contribution in [1.82, 2.24) is 14.9 Å². The number of rotatable bonds is 4. The third-order valence-electron chi connectivity index (χ3n) is 3.03. The van der Waals surface area contributed by atoms with Crippen molar-refractivity contribution in [3.63, 3.8) is 0 Å². The summed E-state index contributed by atoms with van der Waals surface area (Å²) >= 11 is 0. The van der Waals surface area contributed by atoms with Gasteiger partial charge in [0.25, 0.3) is 5.91 Å². The highest BCUT2D eigenvalue weighted by Crippen LogP contribution is 2.07. The third kappa shape index (κ3) is 3.94. The molecule has 0 atom stereocenters. The first kappa shape index (κ1) is 14.8. The predicted molar refractivity (Wildman–Crippen MR) is 79.7 cm³/mol. The molecule has 5 nitrogen and oxygen atoms in total. The van der Waals surface area contributed by atoms with Gasteiger partial charge in [0.15, 0.2) is 0 Å². The molecule has 1 heterocycles. The number of aryl methyl sites for hydroxylation is 1. The standard InChI is InChI=1S/C16H17N3O2/c1-19-11-10-17-15(19)8-9-18-16(21)14-7-3-2-5-13(14)6-4-12-20/h2-3,5,7,10-11,20H,8-9,12H2,1H3,(H,18,21). The predicted octanol–water partition coefficient (Wildman–Crippen LogP) is 0.736. The van der Waals surface area contributed by atoms with Crippen LogP contribution in [0.4, 0.5) is 0 Å². The van der Waals surface area contributed by atoms with E-state index in [2.05, 4.69) is 22.1 Å². The number of aliphatic hydroxyl groups excluding tert-OH is 1. The van der Waals surface area contributed by atoms with E-state index in [-0.39, 0.29) is 12.5 Å². The van der Waals surface area contributed by atoms with E-state index in [1.165, 1.54) is 0 Å².